The quantitative estimate of drug-likeness (QED) is 0.292. The molecule has 0 amide bonds. The molecule has 0 saturated heterocycles. The number of halogens is 1. The number of nitriles is 1. The van der Waals surface area contributed by atoms with E-state index in [1.807, 2.05) is 6.07 Å². The number of allylic oxidation sites excluding steroid dienone is 4. The third kappa shape index (κ3) is 5.31. The van der Waals surface area contributed by atoms with E-state index in [1.165, 1.54) is 12.2 Å². The summed E-state index contributed by atoms with van der Waals surface area (Å²) in [6.45, 7) is 3.73. The smallest absolute Gasteiger partial charge is 0.151 e. The minimum Gasteiger partial charge on any atom is -0.362 e. The van der Waals surface area contributed by atoms with Crippen LogP contribution in [0.15, 0.2) is 35.4 Å². The van der Waals surface area contributed by atoms with Crippen LogP contribution >= 0.6 is 11.6 Å². The molecule has 0 atom stereocenters. The Labute approximate surface area is 87.9 Å². The molecule has 0 aromatic rings. The highest BCUT2D eigenvalue weighted by atomic mass is 35.5. The largest absolute Gasteiger partial charge is 0.362 e. The predicted octanol–water partition coefficient (Wildman–Crippen LogP) is 1.96. The van der Waals surface area contributed by atoms with Crippen molar-refractivity contribution in [1.82, 2.24) is 0 Å². The number of ether oxygens (including phenoxy) is 1. The predicted molar refractivity (Wildman–Crippen MR) is 54.7 cm³/mol. The van der Waals surface area contributed by atoms with Gasteiger partial charge in [0.15, 0.2) is 6.29 Å². The molecule has 0 radical (unpaired) electrons. The van der Waals surface area contributed by atoms with Gasteiger partial charge in [-0.3, -0.25) is 4.79 Å². The van der Waals surface area contributed by atoms with Crippen molar-refractivity contribution in [1.29, 1.82) is 5.26 Å². The van der Waals surface area contributed by atoms with Crippen LogP contribution in [0.4, 0.5) is 0 Å². The molecular formula is C10H10ClNO2. The van der Waals surface area contributed by atoms with Crippen molar-refractivity contribution in [2.24, 2.45) is 0 Å². The third-order valence-corrected chi connectivity index (χ3v) is 1.63. The van der Waals surface area contributed by atoms with E-state index in [2.05, 4.69) is 6.58 Å². The van der Waals surface area contributed by atoms with Crippen LogP contribution in [-0.4, -0.2) is 19.5 Å². The highest BCUT2D eigenvalue weighted by Crippen LogP contribution is 2.09. The summed E-state index contributed by atoms with van der Waals surface area (Å²) in [5.41, 5.74) is 0.335. The summed E-state index contributed by atoms with van der Waals surface area (Å²) in [6.07, 6.45) is 5.14. The van der Waals surface area contributed by atoms with Gasteiger partial charge in [0.25, 0.3) is 0 Å². The fourth-order valence-corrected chi connectivity index (χ4v) is 0.748. The SMILES string of the molecule is C=C/C(Cl)=C(C=O)\C=C/COCC#N. The molecule has 4 heteroatoms. The fraction of sp³-hybridized carbons (Fsp3) is 0.200. The number of aldehydes is 1. The van der Waals surface area contributed by atoms with Crippen LogP contribution in [0.3, 0.4) is 0 Å². The third-order valence-electron chi connectivity index (χ3n) is 1.26. The van der Waals surface area contributed by atoms with E-state index in [0.717, 1.165) is 0 Å². The summed E-state index contributed by atoms with van der Waals surface area (Å²) in [4.78, 5) is 10.5. The molecule has 0 unspecified atom stereocenters. The molecule has 0 heterocycles. The van der Waals surface area contributed by atoms with Crippen LogP contribution in [0.1, 0.15) is 0 Å². The lowest BCUT2D eigenvalue weighted by molar-refractivity contribution is -0.104. The number of hydrogen-bond acceptors (Lipinski definition) is 3. The molecule has 3 nitrogen and oxygen atoms in total. The molecule has 0 bridgehead atoms. The van der Waals surface area contributed by atoms with Crippen molar-refractivity contribution in [2.45, 2.75) is 0 Å². The molecule has 0 aromatic carbocycles. The minimum absolute atomic E-state index is 0.0274. The van der Waals surface area contributed by atoms with E-state index in [4.69, 9.17) is 21.6 Å². The summed E-state index contributed by atoms with van der Waals surface area (Å²) in [7, 11) is 0. The average Bonchev–Trinajstić information content (AvgIpc) is 2.22. The Kier molecular flexibility index (Phi) is 7.43. The van der Waals surface area contributed by atoms with E-state index in [0.29, 0.717) is 11.9 Å². The van der Waals surface area contributed by atoms with Gasteiger partial charge in [0.1, 0.15) is 6.61 Å². The molecule has 0 rings (SSSR count). The number of carbonyl (C=O) groups is 1. The summed E-state index contributed by atoms with van der Waals surface area (Å²) in [5.74, 6) is 0. The first-order valence-corrected chi connectivity index (χ1v) is 4.22. The molecule has 0 aliphatic rings. The van der Waals surface area contributed by atoms with Crippen molar-refractivity contribution < 1.29 is 9.53 Å². The zero-order chi connectivity index (χ0) is 10.8. The van der Waals surface area contributed by atoms with E-state index < -0.39 is 0 Å². The standard InChI is InChI=1S/C10H10ClNO2/c1-2-10(11)9(8-13)4-3-6-14-7-5-12/h2-4,8H,1,6-7H2/b4-3-,10-9-. The Balaban J connectivity index is 4.14. The van der Waals surface area contributed by atoms with Crippen molar-refractivity contribution in [3.05, 3.63) is 35.4 Å². The molecule has 0 saturated carbocycles. The number of carbonyl (C=O) groups excluding carboxylic acids is 1. The van der Waals surface area contributed by atoms with E-state index in [9.17, 15) is 4.79 Å². The second-order valence-electron chi connectivity index (χ2n) is 2.20. The maximum Gasteiger partial charge on any atom is 0.151 e. The molecule has 0 aliphatic heterocycles. The van der Waals surface area contributed by atoms with Crippen LogP contribution in [-0.2, 0) is 9.53 Å². The minimum atomic E-state index is 0.0274. The summed E-state index contributed by atoms with van der Waals surface area (Å²) < 4.78 is 4.84. The van der Waals surface area contributed by atoms with E-state index >= 15 is 0 Å². The van der Waals surface area contributed by atoms with Gasteiger partial charge < -0.3 is 4.74 Å². The van der Waals surface area contributed by atoms with Crippen molar-refractivity contribution in [2.75, 3.05) is 13.2 Å². The van der Waals surface area contributed by atoms with Gasteiger partial charge in [0.2, 0.25) is 0 Å². The monoisotopic (exact) mass is 211 g/mol. The van der Waals surface area contributed by atoms with Crippen LogP contribution in [0.25, 0.3) is 0 Å². The molecule has 74 valence electrons. The van der Waals surface area contributed by atoms with Crippen LogP contribution in [0.2, 0.25) is 0 Å². The Morgan fingerprint density at radius 2 is 2.36 bits per heavy atom. The lowest BCUT2D eigenvalue weighted by atomic mass is 10.2. The molecule has 0 fully saturated rings. The van der Waals surface area contributed by atoms with E-state index in [-0.39, 0.29) is 18.2 Å². The highest BCUT2D eigenvalue weighted by Gasteiger charge is 1.94. The molecule has 0 N–H and O–H groups in total. The first-order valence-electron chi connectivity index (χ1n) is 3.85. The second-order valence-corrected chi connectivity index (χ2v) is 2.61. The topological polar surface area (TPSA) is 50.1 Å². The Hall–Kier alpha value is -1.37. The molecular weight excluding hydrogens is 202 g/mol. The van der Waals surface area contributed by atoms with Crippen LogP contribution in [0.5, 0.6) is 0 Å². The van der Waals surface area contributed by atoms with Gasteiger partial charge in [-0.05, 0) is 0 Å². The maximum absolute atomic E-state index is 10.5. The van der Waals surface area contributed by atoms with Gasteiger partial charge in [-0.25, -0.2) is 0 Å². The second kappa shape index (κ2) is 8.24. The zero-order valence-electron chi connectivity index (χ0n) is 7.57. The van der Waals surface area contributed by atoms with Crippen LogP contribution < -0.4 is 0 Å². The summed E-state index contributed by atoms with van der Waals surface area (Å²) >= 11 is 5.66. The van der Waals surface area contributed by atoms with Gasteiger partial charge in [0.05, 0.1) is 17.7 Å². The number of hydrogen-bond donors (Lipinski definition) is 0. The van der Waals surface area contributed by atoms with Crippen molar-refractivity contribution in [3.8, 4) is 6.07 Å². The maximum atomic E-state index is 10.5. The average molecular weight is 212 g/mol. The first-order chi connectivity index (χ1) is 6.76. The highest BCUT2D eigenvalue weighted by molar-refractivity contribution is 6.33. The number of rotatable bonds is 6. The molecule has 0 spiro atoms. The fourth-order valence-electron chi connectivity index (χ4n) is 0.641. The normalized spacial score (nSPS) is 12.0. The van der Waals surface area contributed by atoms with Crippen LogP contribution in [0, 0.1) is 11.3 Å². The Morgan fingerprint density at radius 3 is 2.86 bits per heavy atom. The van der Waals surface area contributed by atoms with Gasteiger partial charge in [-0.15, -0.1) is 0 Å². The lowest BCUT2D eigenvalue weighted by Gasteiger charge is -1.93. The van der Waals surface area contributed by atoms with Gasteiger partial charge in [-0.2, -0.15) is 5.26 Å². The van der Waals surface area contributed by atoms with Crippen molar-refractivity contribution in [3.63, 3.8) is 0 Å². The van der Waals surface area contributed by atoms with Crippen molar-refractivity contribution >= 4 is 17.9 Å². The number of nitrogens with zero attached hydrogens (tertiary/aromatic N) is 1. The first kappa shape index (κ1) is 12.6. The summed E-state index contributed by atoms with van der Waals surface area (Å²) in [5, 5.41) is 8.44. The lowest BCUT2D eigenvalue weighted by Crippen LogP contribution is -1.91. The summed E-state index contributed by atoms with van der Waals surface area (Å²) in [6, 6.07) is 1.82. The van der Waals surface area contributed by atoms with E-state index in [1.54, 1.807) is 6.08 Å². The molecule has 0 aliphatic carbocycles. The molecule has 14 heavy (non-hydrogen) atoms. The van der Waals surface area contributed by atoms with Gasteiger partial charge in [0, 0.05) is 5.57 Å². The van der Waals surface area contributed by atoms with Gasteiger partial charge >= 0.3 is 0 Å². The Bertz CT molecular complexity index is 300. The molecule has 0 aromatic heterocycles. The van der Waals surface area contributed by atoms with Gasteiger partial charge in [-0.1, -0.05) is 36.4 Å². The Morgan fingerprint density at radius 1 is 1.64 bits per heavy atom. The zero-order valence-corrected chi connectivity index (χ0v) is 8.33.